The van der Waals surface area contributed by atoms with Gasteiger partial charge in [0.25, 0.3) is 0 Å². The molecule has 0 amide bonds. The molecular formula is C13H11N3. The van der Waals surface area contributed by atoms with Crippen LogP contribution in [0.1, 0.15) is 5.56 Å². The van der Waals surface area contributed by atoms with Crippen molar-refractivity contribution < 1.29 is 0 Å². The second kappa shape index (κ2) is 3.17. The number of fused-ring (bicyclic) bond motifs is 3. The van der Waals surface area contributed by atoms with Gasteiger partial charge in [0, 0.05) is 17.0 Å². The molecule has 3 aromatic rings. The number of hydrogen-bond acceptors (Lipinski definition) is 3. The molecule has 0 saturated heterocycles. The maximum atomic E-state index is 5.90. The maximum Gasteiger partial charge on any atom is 0.150 e. The summed E-state index contributed by atoms with van der Waals surface area (Å²) in [6, 6.07) is 10.1. The van der Waals surface area contributed by atoms with Crippen LogP contribution >= 0.6 is 0 Å². The smallest absolute Gasteiger partial charge is 0.150 e. The van der Waals surface area contributed by atoms with Gasteiger partial charge in [-0.25, -0.2) is 4.98 Å². The van der Waals surface area contributed by atoms with Gasteiger partial charge < -0.3 is 5.73 Å². The number of nitrogens with zero attached hydrogens (tertiary/aromatic N) is 2. The summed E-state index contributed by atoms with van der Waals surface area (Å²) in [5.41, 5.74) is 8.73. The van der Waals surface area contributed by atoms with Gasteiger partial charge in [-0.05, 0) is 24.6 Å². The second-order valence-corrected chi connectivity index (χ2v) is 3.92. The van der Waals surface area contributed by atoms with E-state index in [0.29, 0.717) is 5.82 Å². The predicted octanol–water partition coefficient (Wildman–Crippen LogP) is 2.67. The Labute approximate surface area is 92.9 Å². The standard InChI is InChI=1S/C13H11N3/c1-8-6-10-9-4-2-3-5-11(9)16-13(14)12(10)15-7-8/h2-7H,1H3,(H2,14,16). The Balaban J connectivity index is 2.61. The minimum absolute atomic E-state index is 0.494. The molecule has 0 radical (unpaired) electrons. The first-order chi connectivity index (χ1) is 7.75. The van der Waals surface area contributed by atoms with Gasteiger partial charge in [-0.3, -0.25) is 4.98 Å². The molecule has 0 bridgehead atoms. The number of aromatic nitrogens is 2. The van der Waals surface area contributed by atoms with Crippen molar-refractivity contribution in [3.05, 3.63) is 42.1 Å². The number of nitrogens with two attached hydrogens (primary N) is 1. The van der Waals surface area contributed by atoms with Gasteiger partial charge >= 0.3 is 0 Å². The molecule has 0 atom stereocenters. The van der Waals surface area contributed by atoms with Crippen molar-refractivity contribution in [1.29, 1.82) is 0 Å². The minimum atomic E-state index is 0.494. The number of rotatable bonds is 0. The Bertz CT molecular complexity index is 689. The lowest BCUT2D eigenvalue weighted by atomic mass is 10.1. The molecule has 2 N–H and O–H groups in total. The fourth-order valence-electron chi connectivity index (χ4n) is 1.96. The number of anilines is 1. The molecule has 0 unspecified atom stereocenters. The van der Waals surface area contributed by atoms with Crippen LogP contribution in [0.3, 0.4) is 0 Å². The van der Waals surface area contributed by atoms with E-state index in [1.54, 1.807) is 0 Å². The van der Waals surface area contributed by atoms with Gasteiger partial charge in [-0.2, -0.15) is 0 Å². The number of pyridine rings is 2. The number of hydrogen-bond donors (Lipinski definition) is 1. The molecule has 78 valence electrons. The van der Waals surface area contributed by atoms with Gasteiger partial charge in [-0.15, -0.1) is 0 Å². The van der Waals surface area contributed by atoms with E-state index in [9.17, 15) is 0 Å². The van der Waals surface area contributed by atoms with Crippen LogP contribution in [0.15, 0.2) is 36.5 Å². The van der Waals surface area contributed by atoms with Crippen molar-refractivity contribution in [3.8, 4) is 0 Å². The third-order valence-corrected chi connectivity index (χ3v) is 2.70. The van der Waals surface area contributed by atoms with Crippen LogP contribution in [0, 0.1) is 6.92 Å². The fraction of sp³-hybridized carbons (Fsp3) is 0.0769. The van der Waals surface area contributed by atoms with E-state index in [1.807, 2.05) is 37.4 Å². The van der Waals surface area contributed by atoms with Gasteiger partial charge in [0.05, 0.1) is 5.52 Å². The first kappa shape index (κ1) is 9.09. The Morgan fingerprint density at radius 1 is 1.12 bits per heavy atom. The number of nitrogen functional groups attached to an aromatic ring is 1. The number of aryl methyl sites for hydroxylation is 1. The van der Waals surface area contributed by atoms with Crippen molar-refractivity contribution in [2.24, 2.45) is 0 Å². The van der Waals surface area contributed by atoms with Crippen molar-refractivity contribution in [1.82, 2.24) is 9.97 Å². The highest BCUT2D eigenvalue weighted by molar-refractivity contribution is 6.08. The highest BCUT2D eigenvalue weighted by Crippen LogP contribution is 2.26. The lowest BCUT2D eigenvalue weighted by Gasteiger charge is -2.05. The van der Waals surface area contributed by atoms with Crippen LogP contribution in [0.2, 0.25) is 0 Å². The Morgan fingerprint density at radius 3 is 2.81 bits per heavy atom. The SMILES string of the molecule is Cc1cnc2c(N)nc3ccccc3c2c1. The molecule has 1 aromatic carbocycles. The summed E-state index contributed by atoms with van der Waals surface area (Å²) in [7, 11) is 0. The summed E-state index contributed by atoms with van der Waals surface area (Å²) in [4.78, 5) is 8.69. The lowest BCUT2D eigenvalue weighted by Crippen LogP contribution is -1.95. The predicted molar refractivity (Wildman–Crippen MR) is 66.2 cm³/mol. The van der Waals surface area contributed by atoms with Crippen molar-refractivity contribution in [2.75, 3.05) is 5.73 Å². The second-order valence-electron chi connectivity index (χ2n) is 3.92. The molecule has 2 heterocycles. The van der Waals surface area contributed by atoms with Crippen molar-refractivity contribution in [3.63, 3.8) is 0 Å². The largest absolute Gasteiger partial charge is 0.382 e. The highest BCUT2D eigenvalue weighted by atomic mass is 14.9. The highest BCUT2D eigenvalue weighted by Gasteiger charge is 2.06. The Hall–Kier alpha value is -2.16. The average molecular weight is 209 g/mol. The summed E-state index contributed by atoms with van der Waals surface area (Å²) in [6.07, 6.45) is 1.81. The van der Waals surface area contributed by atoms with Crippen LogP contribution in [0.4, 0.5) is 5.82 Å². The van der Waals surface area contributed by atoms with E-state index in [1.165, 1.54) is 0 Å². The summed E-state index contributed by atoms with van der Waals surface area (Å²) in [5.74, 6) is 0.494. The molecule has 3 nitrogen and oxygen atoms in total. The van der Waals surface area contributed by atoms with Gasteiger partial charge in [0.2, 0.25) is 0 Å². The fourth-order valence-corrected chi connectivity index (χ4v) is 1.96. The maximum absolute atomic E-state index is 5.90. The third kappa shape index (κ3) is 1.21. The molecule has 0 saturated carbocycles. The van der Waals surface area contributed by atoms with Crippen molar-refractivity contribution >= 4 is 27.6 Å². The summed E-state index contributed by atoms with van der Waals surface area (Å²) in [5, 5.41) is 2.17. The van der Waals surface area contributed by atoms with E-state index in [-0.39, 0.29) is 0 Å². The molecule has 0 fully saturated rings. The Morgan fingerprint density at radius 2 is 1.94 bits per heavy atom. The van der Waals surface area contributed by atoms with E-state index in [4.69, 9.17) is 5.73 Å². The van der Waals surface area contributed by atoms with E-state index >= 15 is 0 Å². The van der Waals surface area contributed by atoms with Crippen molar-refractivity contribution in [2.45, 2.75) is 6.92 Å². The third-order valence-electron chi connectivity index (χ3n) is 2.70. The lowest BCUT2D eigenvalue weighted by molar-refractivity contribution is 1.31. The average Bonchev–Trinajstić information content (AvgIpc) is 2.29. The molecule has 0 spiro atoms. The van der Waals surface area contributed by atoms with Crippen LogP contribution in [0.25, 0.3) is 21.8 Å². The summed E-state index contributed by atoms with van der Waals surface area (Å²) >= 11 is 0. The first-order valence-electron chi connectivity index (χ1n) is 5.16. The normalized spacial score (nSPS) is 11.1. The van der Waals surface area contributed by atoms with E-state index in [2.05, 4.69) is 16.0 Å². The van der Waals surface area contributed by atoms with E-state index in [0.717, 1.165) is 27.4 Å². The summed E-state index contributed by atoms with van der Waals surface area (Å²) in [6.45, 7) is 2.03. The van der Waals surface area contributed by atoms with Crippen LogP contribution in [-0.2, 0) is 0 Å². The molecule has 0 aliphatic heterocycles. The molecule has 3 heteroatoms. The van der Waals surface area contributed by atoms with Gasteiger partial charge in [0.15, 0.2) is 5.82 Å². The van der Waals surface area contributed by atoms with E-state index < -0.39 is 0 Å². The monoisotopic (exact) mass is 209 g/mol. The molecule has 0 aliphatic rings. The number of benzene rings is 1. The zero-order chi connectivity index (χ0) is 11.1. The zero-order valence-electron chi connectivity index (χ0n) is 8.94. The molecule has 3 rings (SSSR count). The Kier molecular flexibility index (Phi) is 1.80. The zero-order valence-corrected chi connectivity index (χ0v) is 8.94. The van der Waals surface area contributed by atoms with Crippen LogP contribution < -0.4 is 5.73 Å². The molecule has 16 heavy (non-hydrogen) atoms. The van der Waals surface area contributed by atoms with Gasteiger partial charge in [0.1, 0.15) is 5.52 Å². The van der Waals surface area contributed by atoms with Gasteiger partial charge in [-0.1, -0.05) is 18.2 Å². The number of para-hydroxylation sites is 1. The molecule has 0 aliphatic carbocycles. The topological polar surface area (TPSA) is 51.8 Å². The quantitative estimate of drug-likeness (QED) is 0.579. The minimum Gasteiger partial charge on any atom is -0.382 e. The van der Waals surface area contributed by atoms with Crippen LogP contribution in [-0.4, -0.2) is 9.97 Å². The van der Waals surface area contributed by atoms with Crippen LogP contribution in [0.5, 0.6) is 0 Å². The summed E-state index contributed by atoms with van der Waals surface area (Å²) < 4.78 is 0. The first-order valence-corrected chi connectivity index (χ1v) is 5.16. The molecular weight excluding hydrogens is 198 g/mol. The molecule has 2 aromatic heterocycles.